The number of hydrogen-bond acceptors (Lipinski definition) is 4. The summed E-state index contributed by atoms with van der Waals surface area (Å²) in [6, 6.07) is -0.0310. The van der Waals surface area contributed by atoms with Crippen LogP contribution in [0.5, 0.6) is 0 Å². The minimum absolute atomic E-state index is 0.0310. The molecule has 5 nitrogen and oxygen atoms in total. The van der Waals surface area contributed by atoms with Crippen LogP contribution in [0, 0.1) is 0 Å². The number of aromatic nitrogens is 2. The van der Waals surface area contributed by atoms with Crippen molar-refractivity contribution in [3.63, 3.8) is 0 Å². The van der Waals surface area contributed by atoms with E-state index in [0.717, 1.165) is 31.6 Å². The van der Waals surface area contributed by atoms with Gasteiger partial charge in [0.05, 0.1) is 5.60 Å². The predicted molar refractivity (Wildman–Crippen MR) is 75.4 cm³/mol. The molecule has 0 radical (unpaired) electrons. The van der Waals surface area contributed by atoms with Crippen molar-refractivity contribution in [3.05, 3.63) is 18.2 Å². The molecule has 1 aromatic heterocycles. The van der Waals surface area contributed by atoms with Gasteiger partial charge >= 0.3 is 0 Å². The zero-order valence-electron chi connectivity index (χ0n) is 12.1. The molecule has 1 aliphatic rings. The molecule has 3 N–H and O–H groups in total. The molecule has 1 saturated carbocycles. The van der Waals surface area contributed by atoms with E-state index in [2.05, 4.69) is 21.9 Å². The van der Waals surface area contributed by atoms with Gasteiger partial charge in [0.25, 0.3) is 0 Å². The number of aryl methyl sites for hydroxylation is 1. The molecular weight excluding hydrogens is 240 g/mol. The number of hydrogen-bond donors (Lipinski definition) is 2. The van der Waals surface area contributed by atoms with Crippen molar-refractivity contribution in [3.8, 4) is 0 Å². The van der Waals surface area contributed by atoms with Crippen LogP contribution < -0.4 is 11.3 Å². The lowest BCUT2D eigenvalue weighted by Crippen LogP contribution is -2.48. The second kappa shape index (κ2) is 6.50. The zero-order valence-corrected chi connectivity index (χ0v) is 12.1. The number of ether oxygens (including phenoxy) is 1. The Bertz CT molecular complexity index is 385. The predicted octanol–water partition coefficient (Wildman–Crippen LogP) is 2.15. The van der Waals surface area contributed by atoms with E-state index in [-0.39, 0.29) is 11.6 Å². The average molecular weight is 266 g/mol. The molecular formula is C14H26N4O. The van der Waals surface area contributed by atoms with E-state index in [4.69, 9.17) is 10.6 Å². The number of imidazole rings is 1. The SMILES string of the molecule is CCCn1ccnc1C(NN)C1(OCC)CCCC1. The van der Waals surface area contributed by atoms with Crippen molar-refractivity contribution in [2.45, 2.75) is 64.1 Å². The second-order valence-corrected chi connectivity index (χ2v) is 5.28. The van der Waals surface area contributed by atoms with Crippen molar-refractivity contribution in [2.24, 2.45) is 5.84 Å². The van der Waals surface area contributed by atoms with Gasteiger partial charge in [-0.25, -0.2) is 10.4 Å². The fourth-order valence-electron chi connectivity index (χ4n) is 3.25. The van der Waals surface area contributed by atoms with Gasteiger partial charge in [0.1, 0.15) is 11.9 Å². The number of nitrogens with zero attached hydrogens (tertiary/aromatic N) is 2. The van der Waals surface area contributed by atoms with Crippen LogP contribution in [0.15, 0.2) is 12.4 Å². The van der Waals surface area contributed by atoms with E-state index in [0.29, 0.717) is 6.61 Å². The van der Waals surface area contributed by atoms with Crippen LogP contribution in [-0.4, -0.2) is 21.8 Å². The molecule has 0 spiro atoms. The Morgan fingerprint density at radius 3 is 2.79 bits per heavy atom. The van der Waals surface area contributed by atoms with Gasteiger partial charge < -0.3 is 9.30 Å². The first-order valence-corrected chi connectivity index (χ1v) is 7.38. The smallest absolute Gasteiger partial charge is 0.130 e. The normalized spacial score (nSPS) is 19.7. The van der Waals surface area contributed by atoms with Crippen LogP contribution in [0.25, 0.3) is 0 Å². The van der Waals surface area contributed by atoms with Crippen LogP contribution >= 0.6 is 0 Å². The molecule has 0 saturated heterocycles. The van der Waals surface area contributed by atoms with Crippen LogP contribution in [0.1, 0.15) is 57.8 Å². The lowest BCUT2D eigenvalue weighted by molar-refractivity contribution is -0.0654. The van der Waals surface area contributed by atoms with Gasteiger partial charge in [-0.1, -0.05) is 19.8 Å². The molecule has 1 heterocycles. The largest absolute Gasteiger partial charge is 0.373 e. The molecule has 0 aromatic carbocycles. The summed E-state index contributed by atoms with van der Waals surface area (Å²) in [5.74, 6) is 6.84. The van der Waals surface area contributed by atoms with Crippen molar-refractivity contribution < 1.29 is 4.74 Å². The van der Waals surface area contributed by atoms with Gasteiger partial charge in [-0.3, -0.25) is 5.84 Å². The minimum Gasteiger partial charge on any atom is -0.373 e. The van der Waals surface area contributed by atoms with Gasteiger partial charge in [-0.2, -0.15) is 0 Å². The molecule has 0 aliphatic heterocycles. The highest BCUT2D eigenvalue weighted by Gasteiger charge is 2.44. The number of hydrazine groups is 1. The number of nitrogens with one attached hydrogen (secondary N) is 1. The quantitative estimate of drug-likeness (QED) is 0.586. The molecule has 1 fully saturated rings. The summed E-state index contributed by atoms with van der Waals surface area (Å²) in [6.45, 7) is 5.90. The highest BCUT2D eigenvalue weighted by atomic mass is 16.5. The first-order valence-electron chi connectivity index (χ1n) is 7.38. The molecule has 1 unspecified atom stereocenters. The van der Waals surface area contributed by atoms with E-state index < -0.39 is 0 Å². The average Bonchev–Trinajstić information content (AvgIpc) is 3.03. The Morgan fingerprint density at radius 1 is 1.47 bits per heavy atom. The first-order chi connectivity index (χ1) is 9.27. The van der Waals surface area contributed by atoms with E-state index in [1.807, 2.05) is 19.3 Å². The third kappa shape index (κ3) is 2.83. The van der Waals surface area contributed by atoms with Gasteiger partial charge in [-0.15, -0.1) is 0 Å². The molecule has 108 valence electrons. The number of rotatable bonds is 7. The minimum atomic E-state index is -0.194. The Kier molecular flexibility index (Phi) is 4.96. The maximum absolute atomic E-state index is 6.10. The Hall–Kier alpha value is -0.910. The van der Waals surface area contributed by atoms with Crippen molar-refractivity contribution in [1.29, 1.82) is 0 Å². The summed E-state index contributed by atoms with van der Waals surface area (Å²) >= 11 is 0. The van der Waals surface area contributed by atoms with Crippen molar-refractivity contribution in [1.82, 2.24) is 15.0 Å². The van der Waals surface area contributed by atoms with Crippen LogP contribution in [0.4, 0.5) is 0 Å². The molecule has 5 heteroatoms. The van der Waals surface area contributed by atoms with Gasteiger partial charge in [0.15, 0.2) is 0 Å². The van der Waals surface area contributed by atoms with Crippen LogP contribution in [0.3, 0.4) is 0 Å². The van der Waals surface area contributed by atoms with E-state index in [9.17, 15) is 0 Å². The Labute approximate surface area is 115 Å². The summed E-state index contributed by atoms with van der Waals surface area (Å²) in [5, 5.41) is 0. The van der Waals surface area contributed by atoms with Crippen molar-refractivity contribution >= 4 is 0 Å². The van der Waals surface area contributed by atoms with Crippen LogP contribution in [0.2, 0.25) is 0 Å². The highest BCUT2D eigenvalue weighted by Crippen LogP contribution is 2.42. The fourth-order valence-corrected chi connectivity index (χ4v) is 3.25. The molecule has 0 bridgehead atoms. The van der Waals surface area contributed by atoms with Gasteiger partial charge in [0, 0.05) is 25.5 Å². The van der Waals surface area contributed by atoms with E-state index in [1.165, 1.54) is 12.8 Å². The lowest BCUT2D eigenvalue weighted by atomic mass is 9.91. The fraction of sp³-hybridized carbons (Fsp3) is 0.786. The first kappa shape index (κ1) is 14.5. The molecule has 1 atom stereocenters. The van der Waals surface area contributed by atoms with Gasteiger partial charge in [0.2, 0.25) is 0 Å². The summed E-state index contributed by atoms with van der Waals surface area (Å²) in [5.41, 5.74) is 2.77. The topological polar surface area (TPSA) is 65.1 Å². The summed E-state index contributed by atoms with van der Waals surface area (Å²) < 4.78 is 8.29. The maximum atomic E-state index is 6.10. The molecule has 0 amide bonds. The highest BCUT2D eigenvalue weighted by molar-refractivity contribution is 5.09. The maximum Gasteiger partial charge on any atom is 0.130 e. The Morgan fingerprint density at radius 2 is 2.21 bits per heavy atom. The van der Waals surface area contributed by atoms with E-state index in [1.54, 1.807) is 0 Å². The van der Waals surface area contributed by atoms with Crippen molar-refractivity contribution in [2.75, 3.05) is 6.61 Å². The van der Waals surface area contributed by atoms with Gasteiger partial charge in [-0.05, 0) is 26.2 Å². The Balaban J connectivity index is 2.28. The third-order valence-electron chi connectivity index (χ3n) is 4.04. The monoisotopic (exact) mass is 266 g/mol. The standard InChI is InChI=1S/C14H26N4O/c1-3-10-18-11-9-16-13(18)12(17-15)14(19-4-2)7-5-6-8-14/h9,11-12,17H,3-8,10,15H2,1-2H3. The number of nitrogens with two attached hydrogens (primary N) is 1. The third-order valence-corrected chi connectivity index (χ3v) is 4.04. The lowest BCUT2D eigenvalue weighted by Gasteiger charge is -2.36. The second-order valence-electron chi connectivity index (χ2n) is 5.28. The molecule has 1 aliphatic carbocycles. The summed E-state index contributed by atoms with van der Waals surface area (Å²) in [6.07, 6.45) is 9.46. The summed E-state index contributed by atoms with van der Waals surface area (Å²) in [7, 11) is 0. The molecule has 19 heavy (non-hydrogen) atoms. The van der Waals surface area contributed by atoms with Crippen LogP contribution in [-0.2, 0) is 11.3 Å². The zero-order chi connectivity index (χ0) is 13.7. The van der Waals surface area contributed by atoms with E-state index >= 15 is 0 Å². The molecule has 2 rings (SSSR count). The summed E-state index contributed by atoms with van der Waals surface area (Å²) in [4.78, 5) is 4.52. The molecule has 1 aromatic rings.